The van der Waals surface area contributed by atoms with Gasteiger partial charge in [-0.2, -0.15) is 5.26 Å². The molecule has 3 rings (SSSR count). The fourth-order valence-electron chi connectivity index (χ4n) is 3.62. The minimum Gasteiger partial charge on any atom is -0.354 e. The van der Waals surface area contributed by atoms with Crippen molar-refractivity contribution >= 4 is 17.5 Å². The van der Waals surface area contributed by atoms with Crippen LogP contribution in [0.3, 0.4) is 0 Å². The van der Waals surface area contributed by atoms with Crippen molar-refractivity contribution in [2.24, 2.45) is 17.3 Å². The van der Waals surface area contributed by atoms with Gasteiger partial charge in [-0.1, -0.05) is 44.5 Å². The molecular formula is C21H25ClN4. The Kier molecular flexibility index (Phi) is 5.48. The summed E-state index contributed by atoms with van der Waals surface area (Å²) in [5, 5.41) is 13.4. The fourth-order valence-corrected chi connectivity index (χ4v) is 3.83. The van der Waals surface area contributed by atoms with Crippen LogP contribution in [0.4, 0.5) is 5.95 Å². The first-order valence-electron chi connectivity index (χ1n) is 9.14. The van der Waals surface area contributed by atoms with E-state index < -0.39 is 0 Å². The topological polar surface area (TPSA) is 61.6 Å². The first-order chi connectivity index (χ1) is 12.4. The molecule has 1 fully saturated rings. The average Bonchev–Trinajstić information content (AvgIpc) is 2.62. The zero-order chi connectivity index (χ0) is 18.7. The molecule has 1 N–H and O–H groups in total. The third kappa shape index (κ3) is 3.99. The van der Waals surface area contributed by atoms with E-state index in [4.69, 9.17) is 11.6 Å². The average molecular weight is 369 g/mol. The Labute approximate surface area is 160 Å². The number of nitriles is 1. The third-order valence-electron chi connectivity index (χ3n) is 5.97. The molecule has 1 aliphatic rings. The van der Waals surface area contributed by atoms with E-state index in [-0.39, 0.29) is 0 Å². The van der Waals surface area contributed by atoms with Crippen molar-refractivity contribution < 1.29 is 0 Å². The van der Waals surface area contributed by atoms with Crippen molar-refractivity contribution in [2.45, 2.75) is 40.0 Å². The molecule has 1 heterocycles. The first-order valence-corrected chi connectivity index (χ1v) is 9.52. The van der Waals surface area contributed by atoms with Crippen LogP contribution in [-0.4, -0.2) is 16.5 Å². The lowest BCUT2D eigenvalue weighted by Crippen LogP contribution is -2.44. The van der Waals surface area contributed by atoms with Gasteiger partial charge in [0.05, 0.1) is 17.5 Å². The van der Waals surface area contributed by atoms with E-state index in [0.29, 0.717) is 22.8 Å². The van der Waals surface area contributed by atoms with Crippen LogP contribution in [0.25, 0.3) is 0 Å². The number of halogens is 1. The summed E-state index contributed by atoms with van der Waals surface area (Å²) >= 11 is 6.02. The Morgan fingerprint density at radius 1 is 1.38 bits per heavy atom. The van der Waals surface area contributed by atoms with E-state index in [1.807, 2.05) is 18.2 Å². The molecule has 2 atom stereocenters. The molecule has 4 nitrogen and oxygen atoms in total. The number of nitrogens with one attached hydrogen (secondary N) is 1. The molecule has 0 radical (unpaired) electrons. The largest absolute Gasteiger partial charge is 0.354 e. The highest BCUT2D eigenvalue weighted by atomic mass is 35.5. The number of rotatable bonds is 6. The molecule has 0 saturated heterocycles. The van der Waals surface area contributed by atoms with Crippen molar-refractivity contribution in [3.63, 3.8) is 0 Å². The number of nitrogens with zero attached hydrogens (tertiary/aromatic N) is 3. The molecule has 1 saturated carbocycles. The van der Waals surface area contributed by atoms with Crippen LogP contribution >= 0.6 is 11.6 Å². The Balaban J connectivity index is 1.65. The normalized spacial score (nSPS) is 20.9. The lowest BCUT2D eigenvalue weighted by atomic mass is 9.54. The van der Waals surface area contributed by atoms with E-state index >= 15 is 0 Å². The van der Waals surface area contributed by atoms with E-state index in [1.54, 1.807) is 6.20 Å². The van der Waals surface area contributed by atoms with Crippen molar-refractivity contribution in [3.8, 4) is 6.07 Å². The molecule has 26 heavy (non-hydrogen) atoms. The second-order valence-electron chi connectivity index (χ2n) is 7.83. The molecule has 0 amide bonds. The standard InChI is InChI=1S/C21H25ClN4/c1-14-9-17(21(14,2)3)11-19-16(12-23)13-25-20(26-19)24-8-7-15-5-4-6-18(22)10-15/h4-6,10,13-14,17H,7-9,11H2,1-3H3,(H,24,25,26)/t14-,17-/m0/s1. The maximum absolute atomic E-state index is 9.38. The molecule has 2 aromatic rings. The number of aromatic nitrogens is 2. The highest BCUT2D eigenvalue weighted by Gasteiger charge is 2.45. The highest BCUT2D eigenvalue weighted by Crippen LogP contribution is 2.52. The molecule has 1 aliphatic carbocycles. The van der Waals surface area contributed by atoms with Gasteiger partial charge in [0.2, 0.25) is 5.95 Å². The van der Waals surface area contributed by atoms with Crippen LogP contribution in [-0.2, 0) is 12.8 Å². The molecule has 0 aliphatic heterocycles. The number of benzene rings is 1. The molecule has 0 unspecified atom stereocenters. The summed E-state index contributed by atoms with van der Waals surface area (Å²) in [6.07, 6.45) is 4.51. The van der Waals surface area contributed by atoms with Crippen molar-refractivity contribution in [1.29, 1.82) is 5.26 Å². The monoisotopic (exact) mass is 368 g/mol. The summed E-state index contributed by atoms with van der Waals surface area (Å²) in [4.78, 5) is 8.92. The van der Waals surface area contributed by atoms with Crippen molar-refractivity contribution in [2.75, 3.05) is 11.9 Å². The Hall–Kier alpha value is -2.12. The van der Waals surface area contributed by atoms with Crippen LogP contribution in [0.15, 0.2) is 30.5 Å². The lowest BCUT2D eigenvalue weighted by Gasteiger charge is -2.51. The molecule has 0 bridgehead atoms. The van der Waals surface area contributed by atoms with Crippen molar-refractivity contribution in [1.82, 2.24) is 9.97 Å². The quantitative estimate of drug-likeness (QED) is 0.789. The second-order valence-corrected chi connectivity index (χ2v) is 8.27. The smallest absolute Gasteiger partial charge is 0.222 e. The number of anilines is 1. The van der Waals surface area contributed by atoms with Gasteiger partial charge in [-0.3, -0.25) is 0 Å². The van der Waals surface area contributed by atoms with Crippen LogP contribution in [0.2, 0.25) is 5.02 Å². The SMILES string of the molecule is C[C@H]1C[C@@H](Cc2nc(NCCc3cccc(Cl)c3)ncc2C#N)C1(C)C. The number of hydrogen-bond acceptors (Lipinski definition) is 4. The molecular weight excluding hydrogens is 344 g/mol. The summed E-state index contributed by atoms with van der Waals surface area (Å²) in [5.41, 5.74) is 2.92. The van der Waals surface area contributed by atoms with Crippen LogP contribution < -0.4 is 5.32 Å². The maximum Gasteiger partial charge on any atom is 0.222 e. The summed E-state index contributed by atoms with van der Waals surface area (Å²) < 4.78 is 0. The zero-order valence-electron chi connectivity index (χ0n) is 15.6. The van der Waals surface area contributed by atoms with Gasteiger partial charge in [0.1, 0.15) is 6.07 Å². The fraction of sp³-hybridized carbons (Fsp3) is 0.476. The van der Waals surface area contributed by atoms with Gasteiger partial charge in [0, 0.05) is 11.6 Å². The Morgan fingerprint density at radius 2 is 2.19 bits per heavy atom. The molecule has 1 aromatic carbocycles. The van der Waals surface area contributed by atoms with E-state index in [0.717, 1.165) is 36.0 Å². The van der Waals surface area contributed by atoms with Gasteiger partial charge in [-0.05, 0) is 54.2 Å². The van der Waals surface area contributed by atoms with Gasteiger partial charge in [-0.25, -0.2) is 9.97 Å². The highest BCUT2D eigenvalue weighted by molar-refractivity contribution is 6.30. The van der Waals surface area contributed by atoms with Gasteiger partial charge in [-0.15, -0.1) is 0 Å². The van der Waals surface area contributed by atoms with Crippen LogP contribution in [0.5, 0.6) is 0 Å². The third-order valence-corrected chi connectivity index (χ3v) is 6.21. The minimum atomic E-state index is 0.303. The van der Waals surface area contributed by atoms with E-state index in [2.05, 4.69) is 48.2 Å². The molecule has 5 heteroatoms. The Morgan fingerprint density at radius 3 is 2.85 bits per heavy atom. The predicted molar refractivity (Wildman–Crippen MR) is 105 cm³/mol. The predicted octanol–water partition coefficient (Wildman–Crippen LogP) is 4.88. The first kappa shape index (κ1) is 18.7. The van der Waals surface area contributed by atoms with Crippen LogP contribution in [0, 0.1) is 28.6 Å². The minimum absolute atomic E-state index is 0.303. The molecule has 0 spiro atoms. The van der Waals surface area contributed by atoms with Crippen LogP contribution in [0.1, 0.15) is 44.0 Å². The molecule has 136 valence electrons. The van der Waals surface area contributed by atoms with E-state index in [1.165, 1.54) is 12.0 Å². The maximum atomic E-state index is 9.38. The van der Waals surface area contributed by atoms with Gasteiger partial charge in [0.15, 0.2) is 0 Å². The second kappa shape index (κ2) is 7.63. The lowest BCUT2D eigenvalue weighted by molar-refractivity contribution is -0.00772. The summed E-state index contributed by atoms with van der Waals surface area (Å²) in [6.45, 7) is 7.63. The van der Waals surface area contributed by atoms with Gasteiger partial charge in [0.25, 0.3) is 0 Å². The summed E-state index contributed by atoms with van der Waals surface area (Å²) in [6, 6.07) is 10.1. The van der Waals surface area contributed by atoms with Crippen molar-refractivity contribution in [3.05, 3.63) is 52.3 Å². The summed E-state index contributed by atoms with van der Waals surface area (Å²) in [7, 11) is 0. The molecule has 1 aromatic heterocycles. The summed E-state index contributed by atoms with van der Waals surface area (Å²) in [5.74, 6) is 1.88. The van der Waals surface area contributed by atoms with Gasteiger partial charge >= 0.3 is 0 Å². The van der Waals surface area contributed by atoms with E-state index in [9.17, 15) is 5.26 Å². The Bertz CT molecular complexity index is 825. The number of hydrogen-bond donors (Lipinski definition) is 1. The van der Waals surface area contributed by atoms with Gasteiger partial charge < -0.3 is 5.32 Å². The zero-order valence-corrected chi connectivity index (χ0v) is 16.3.